The van der Waals surface area contributed by atoms with Crippen LogP contribution >= 0.6 is 11.8 Å². The van der Waals surface area contributed by atoms with E-state index in [2.05, 4.69) is 26.9 Å². The highest BCUT2D eigenvalue weighted by Crippen LogP contribution is 2.29. The summed E-state index contributed by atoms with van der Waals surface area (Å²) in [5.41, 5.74) is 0.365. The highest BCUT2D eigenvalue weighted by molar-refractivity contribution is 8.00. The maximum absolute atomic E-state index is 12.6. The molecule has 8 heteroatoms. The molecule has 2 aromatic rings. The lowest BCUT2D eigenvalue weighted by Gasteiger charge is -2.32. The van der Waals surface area contributed by atoms with Crippen LogP contribution in [0.15, 0.2) is 35.5 Å². The van der Waals surface area contributed by atoms with Gasteiger partial charge < -0.3 is 5.32 Å². The van der Waals surface area contributed by atoms with E-state index in [-0.39, 0.29) is 11.2 Å². The second-order valence-corrected chi connectivity index (χ2v) is 7.92. The van der Waals surface area contributed by atoms with Crippen LogP contribution in [0.4, 0.5) is 0 Å². The number of amides is 1. The Labute approximate surface area is 157 Å². The van der Waals surface area contributed by atoms with Crippen LogP contribution in [0.1, 0.15) is 44.6 Å². The third-order valence-electron chi connectivity index (χ3n) is 4.61. The maximum atomic E-state index is 12.6. The fourth-order valence-electron chi connectivity index (χ4n) is 3.11. The molecule has 0 bridgehead atoms. The summed E-state index contributed by atoms with van der Waals surface area (Å²) < 4.78 is 1.68. The van der Waals surface area contributed by atoms with Crippen molar-refractivity contribution in [2.24, 2.45) is 0 Å². The summed E-state index contributed by atoms with van der Waals surface area (Å²) in [5, 5.41) is 24.5. The van der Waals surface area contributed by atoms with Crippen molar-refractivity contribution in [2.45, 2.75) is 61.5 Å². The lowest BCUT2D eigenvalue weighted by Crippen LogP contribution is -2.51. The number of hydrogen-bond donors (Lipinski definition) is 1. The number of nitrogens with zero attached hydrogens (tertiary/aromatic N) is 5. The Hall–Kier alpha value is -2.40. The number of carbonyl (C=O) groups excluding carboxylic acids is 1. The zero-order valence-electron chi connectivity index (χ0n) is 14.8. The Morgan fingerprint density at radius 3 is 2.77 bits per heavy atom. The third kappa shape index (κ3) is 4.41. The molecule has 0 saturated heterocycles. The van der Waals surface area contributed by atoms with E-state index >= 15 is 0 Å². The first kappa shape index (κ1) is 18.4. The van der Waals surface area contributed by atoms with Crippen molar-refractivity contribution < 1.29 is 4.79 Å². The molecule has 136 valence electrons. The van der Waals surface area contributed by atoms with E-state index in [9.17, 15) is 10.1 Å². The molecule has 0 unspecified atom stereocenters. The van der Waals surface area contributed by atoms with Gasteiger partial charge in [-0.2, -0.15) is 5.26 Å². The van der Waals surface area contributed by atoms with Crippen LogP contribution in [-0.4, -0.2) is 36.9 Å². The molecule has 1 saturated carbocycles. The van der Waals surface area contributed by atoms with E-state index in [0.29, 0.717) is 11.7 Å². The Morgan fingerprint density at radius 1 is 1.35 bits per heavy atom. The van der Waals surface area contributed by atoms with Gasteiger partial charge in [-0.05, 0) is 35.8 Å². The second-order valence-electron chi connectivity index (χ2n) is 6.61. The Balaban J connectivity index is 1.63. The first-order valence-corrected chi connectivity index (χ1v) is 9.70. The van der Waals surface area contributed by atoms with Crippen molar-refractivity contribution in [3.8, 4) is 6.07 Å². The van der Waals surface area contributed by atoms with Crippen molar-refractivity contribution in [1.29, 1.82) is 5.26 Å². The Bertz CT molecular complexity index is 778. The summed E-state index contributed by atoms with van der Waals surface area (Å²) in [4.78, 5) is 12.6. The van der Waals surface area contributed by atoms with Gasteiger partial charge in [0.15, 0.2) is 0 Å². The molecular weight excluding hydrogens is 348 g/mol. The largest absolute Gasteiger partial charge is 0.337 e. The molecule has 0 aliphatic heterocycles. The molecule has 1 heterocycles. The van der Waals surface area contributed by atoms with Gasteiger partial charge in [-0.1, -0.05) is 61.4 Å². The fraction of sp³-hybridized carbons (Fsp3) is 0.500. The number of nitrogens with one attached hydrogen (secondary N) is 1. The van der Waals surface area contributed by atoms with Gasteiger partial charge in [-0.3, -0.25) is 4.79 Å². The van der Waals surface area contributed by atoms with E-state index in [0.717, 1.165) is 37.7 Å². The SMILES string of the molecule is C[C@H](Sc1nnnn1Cc1ccccc1)C(=O)NC1(C#N)CCCCC1. The number of benzene rings is 1. The number of carbonyl (C=O) groups is 1. The molecule has 1 atom stereocenters. The van der Waals surface area contributed by atoms with Crippen molar-refractivity contribution in [3.05, 3.63) is 35.9 Å². The van der Waals surface area contributed by atoms with Crippen LogP contribution in [0.2, 0.25) is 0 Å². The zero-order valence-corrected chi connectivity index (χ0v) is 15.6. The van der Waals surface area contributed by atoms with E-state index in [1.165, 1.54) is 11.8 Å². The van der Waals surface area contributed by atoms with Gasteiger partial charge in [-0.25, -0.2) is 4.68 Å². The van der Waals surface area contributed by atoms with Gasteiger partial charge >= 0.3 is 0 Å². The maximum Gasteiger partial charge on any atom is 0.234 e. The monoisotopic (exact) mass is 370 g/mol. The van der Waals surface area contributed by atoms with Crippen LogP contribution in [-0.2, 0) is 11.3 Å². The number of hydrogen-bond acceptors (Lipinski definition) is 6. The summed E-state index contributed by atoms with van der Waals surface area (Å²) in [6.07, 6.45) is 4.52. The number of thioether (sulfide) groups is 1. The van der Waals surface area contributed by atoms with Gasteiger partial charge in [0.25, 0.3) is 0 Å². The van der Waals surface area contributed by atoms with Gasteiger partial charge in [0.1, 0.15) is 5.54 Å². The number of nitriles is 1. The number of tetrazole rings is 1. The highest BCUT2D eigenvalue weighted by atomic mass is 32.2. The minimum Gasteiger partial charge on any atom is -0.337 e. The molecule has 26 heavy (non-hydrogen) atoms. The Morgan fingerprint density at radius 2 is 2.08 bits per heavy atom. The third-order valence-corrected chi connectivity index (χ3v) is 5.68. The summed E-state index contributed by atoms with van der Waals surface area (Å²) in [5.74, 6) is -0.146. The predicted molar refractivity (Wildman–Crippen MR) is 98.3 cm³/mol. The second kappa shape index (κ2) is 8.32. The average Bonchev–Trinajstić information content (AvgIpc) is 3.10. The predicted octanol–water partition coefficient (Wildman–Crippen LogP) is 2.54. The molecular formula is C18H22N6OS. The number of aromatic nitrogens is 4. The fourth-order valence-corrected chi connectivity index (χ4v) is 3.89. The van der Waals surface area contributed by atoms with Crippen LogP contribution < -0.4 is 5.32 Å². The minimum absolute atomic E-state index is 0.146. The lowest BCUT2D eigenvalue weighted by atomic mass is 9.83. The smallest absolute Gasteiger partial charge is 0.234 e. The van der Waals surface area contributed by atoms with Gasteiger partial charge in [0, 0.05) is 0 Å². The quantitative estimate of drug-likeness (QED) is 0.785. The molecule has 7 nitrogen and oxygen atoms in total. The lowest BCUT2D eigenvalue weighted by molar-refractivity contribution is -0.121. The molecule has 1 aromatic heterocycles. The topological polar surface area (TPSA) is 96.5 Å². The van der Waals surface area contributed by atoms with E-state index in [4.69, 9.17) is 0 Å². The van der Waals surface area contributed by atoms with E-state index in [1.807, 2.05) is 37.3 Å². The zero-order chi connectivity index (χ0) is 18.4. The van der Waals surface area contributed by atoms with E-state index in [1.54, 1.807) is 4.68 Å². The molecule has 1 amide bonds. The summed E-state index contributed by atoms with van der Waals surface area (Å²) in [6.45, 7) is 2.36. The summed E-state index contributed by atoms with van der Waals surface area (Å²) >= 11 is 1.31. The number of rotatable bonds is 6. The van der Waals surface area contributed by atoms with Gasteiger partial charge in [0.2, 0.25) is 11.1 Å². The van der Waals surface area contributed by atoms with Crippen LogP contribution in [0.25, 0.3) is 0 Å². The van der Waals surface area contributed by atoms with Gasteiger partial charge in [0.05, 0.1) is 17.9 Å². The van der Waals surface area contributed by atoms with E-state index < -0.39 is 5.54 Å². The van der Waals surface area contributed by atoms with Crippen molar-refractivity contribution in [2.75, 3.05) is 0 Å². The molecule has 0 radical (unpaired) electrons. The van der Waals surface area contributed by atoms with Crippen LogP contribution in [0.3, 0.4) is 0 Å². The normalized spacial score (nSPS) is 17.2. The molecule has 3 rings (SSSR count). The van der Waals surface area contributed by atoms with Crippen molar-refractivity contribution >= 4 is 17.7 Å². The standard InChI is InChI=1S/C18H22N6OS/c1-14(16(25)20-18(13-19)10-6-3-7-11-18)26-17-21-22-23-24(17)12-15-8-4-2-5-9-15/h2,4-5,8-9,14H,3,6-7,10-12H2,1H3,(H,20,25)/t14-/m0/s1. The van der Waals surface area contributed by atoms with Gasteiger partial charge in [-0.15, -0.1) is 5.10 Å². The van der Waals surface area contributed by atoms with Crippen molar-refractivity contribution in [3.63, 3.8) is 0 Å². The summed E-state index contributed by atoms with van der Waals surface area (Å²) in [7, 11) is 0. The molecule has 1 aliphatic carbocycles. The minimum atomic E-state index is -0.722. The first-order valence-electron chi connectivity index (χ1n) is 8.82. The average molecular weight is 370 g/mol. The highest BCUT2D eigenvalue weighted by Gasteiger charge is 2.35. The molecule has 1 aliphatic rings. The molecule has 1 aromatic carbocycles. The van der Waals surface area contributed by atoms with Crippen molar-refractivity contribution in [1.82, 2.24) is 25.5 Å². The summed E-state index contributed by atoms with van der Waals surface area (Å²) in [6, 6.07) is 12.2. The first-order chi connectivity index (χ1) is 12.6. The molecule has 1 N–H and O–H groups in total. The van der Waals surface area contributed by atoms with Crippen LogP contribution in [0.5, 0.6) is 0 Å². The molecule has 1 fully saturated rings. The Kier molecular flexibility index (Phi) is 5.89. The van der Waals surface area contributed by atoms with Crippen LogP contribution in [0, 0.1) is 11.3 Å². The molecule has 0 spiro atoms.